The lowest BCUT2D eigenvalue weighted by atomic mass is 10.3. The van der Waals surface area contributed by atoms with Gasteiger partial charge in [-0.25, -0.2) is 18.3 Å². The summed E-state index contributed by atoms with van der Waals surface area (Å²) < 4.78 is 25.3. The number of carboxylic acids is 1. The summed E-state index contributed by atoms with van der Waals surface area (Å²) in [6, 6.07) is 0. The molecule has 0 aliphatic heterocycles. The fourth-order valence-electron chi connectivity index (χ4n) is 0.953. The average Bonchev–Trinajstić information content (AvgIpc) is 2.46. The zero-order valence-electron chi connectivity index (χ0n) is 7.22. The molecule has 0 saturated heterocycles. The molecule has 1 amide bonds. The third-order valence-corrected chi connectivity index (χ3v) is 1.49. The number of carbonyl (C=O) groups is 2. The quantitative estimate of drug-likeness (QED) is 0.703. The number of aromatic nitrogens is 3. The maximum absolute atomic E-state index is 12.4. The van der Waals surface area contributed by atoms with Crippen molar-refractivity contribution in [1.82, 2.24) is 15.0 Å². The first-order chi connectivity index (χ1) is 6.93. The van der Waals surface area contributed by atoms with Gasteiger partial charge in [0.2, 0.25) is 5.91 Å². The number of amides is 1. The minimum atomic E-state index is -3.09. The van der Waals surface area contributed by atoms with Gasteiger partial charge < -0.3 is 10.8 Å². The Bertz CT molecular complexity index is 403. The van der Waals surface area contributed by atoms with Gasteiger partial charge in [-0.05, 0) is 0 Å². The molecule has 1 aromatic heterocycles. The lowest BCUT2D eigenvalue weighted by molar-refractivity contribution is -0.118. The molecule has 0 aliphatic carbocycles. The number of primary amides is 1. The van der Waals surface area contributed by atoms with Crippen LogP contribution in [-0.2, 0) is 11.3 Å². The largest absolute Gasteiger partial charge is 0.476 e. The molecule has 9 heteroatoms. The second kappa shape index (κ2) is 3.98. The summed E-state index contributed by atoms with van der Waals surface area (Å²) in [6.07, 6.45) is -3.09. The van der Waals surface area contributed by atoms with E-state index in [9.17, 15) is 18.4 Å². The zero-order valence-corrected chi connectivity index (χ0v) is 7.22. The van der Waals surface area contributed by atoms with Crippen LogP contribution in [0.2, 0.25) is 0 Å². The van der Waals surface area contributed by atoms with E-state index in [0.717, 1.165) is 0 Å². The molecule has 1 rings (SSSR count). The van der Waals surface area contributed by atoms with E-state index in [1.54, 1.807) is 0 Å². The van der Waals surface area contributed by atoms with E-state index in [2.05, 4.69) is 10.3 Å². The highest BCUT2D eigenvalue weighted by molar-refractivity contribution is 5.86. The van der Waals surface area contributed by atoms with Crippen LogP contribution in [0.4, 0.5) is 8.78 Å². The Labute approximate surface area is 81.5 Å². The number of alkyl halides is 2. The fraction of sp³-hybridized carbons (Fsp3) is 0.333. The Morgan fingerprint density at radius 2 is 2.13 bits per heavy atom. The van der Waals surface area contributed by atoms with Crippen LogP contribution in [0.5, 0.6) is 0 Å². The van der Waals surface area contributed by atoms with Crippen molar-refractivity contribution in [3.63, 3.8) is 0 Å². The molecule has 15 heavy (non-hydrogen) atoms. The second-order valence-corrected chi connectivity index (χ2v) is 2.55. The second-order valence-electron chi connectivity index (χ2n) is 2.55. The lowest BCUT2D eigenvalue weighted by Crippen LogP contribution is -2.21. The van der Waals surface area contributed by atoms with Crippen molar-refractivity contribution in [3.8, 4) is 0 Å². The van der Waals surface area contributed by atoms with Gasteiger partial charge in [0.25, 0.3) is 6.43 Å². The van der Waals surface area contributed by atoms with Crippen LogP contribution in [-0.4, -0.2) is 32.0 Å². The van der Waals surface area contributed by atoms with E-state index in [1.165, 1.54) is 0 Å². The van der Waals surface area contributed by atoms with Gasteiger partial charge in [-0.2, -0.15) is 0 Å². The van der Waals surface area contributed by atoms with E-state index in [4.69, 9.17) is 10.8 Å². The molecule has 0 unspecified atom stereocenters. The predicted octanol–water partition coefficient (Wildman–Crippen LogP) is -0.601. The van der Waals surface area contributed by atoms with Crippen LogP contribution >= 0.6 is 0 Å². The van der Waals surface area contributed by atoms with E-state index in [-0.39, 0.29) is 0 Å². The van der Waals surface area contributed by atoms with Crippen LogP contribution in [0.3, 0.4) is 0 Å². The van der Waals surface area contributed by atoms with Crippen molar-refractivity contribution >= 4 is 11.9 Å². The van der Waals surface area contributed by atoms with Gasteiger partial charge in [-0.1, -0.05) is 5.21 Å². The van der Waals surface area contributed by atoms with E-state index in [1.807, 2.05) is 0 Å². The Kier molecular flexibility index (Phi) is 2.93. The standard InChI is InChI=1S/C6H6F2N4O3/c7-5(8)4-3(6(14)15)10-11-12(4)1-2(9)13/h5H,1H2,(H2,9,13)(H,14,15). The highest BCUT2D eigenvalue weighted by Crippen LogP contribution is 2.21. The Morgan fingerprint density at radius 1 is 1.53 bits per heavy atom. The van der Waals surface area contributed by atoms with Gasteiger partial charge in [0.15, 0.2) is 5.69 Å². The lowest BCUT2D eigenvalue weighted by Gasteiger charge is -2.02. The molecule has 0 fully saturated rings. The minimum Gasteiger partial charge on any atom is -0.476 e. The van der Waals surface area contributed by atoms with Crippen LogP contribution in [0, 0.1) is 0 Å². The summed E-state index contributed by atoms with van der Waals surface area (Å²) in [4.78, 5) is 20.9. The number of aromatic carboxylic acids is 1. The molecular weight excluding hydrogens is 214 g/mol. The van der Waals surface area contributed by atoms with Gasteiger partial charge in [0.05, 0.1) is 0 Å². The van der Waals surface area contributed by atoms with Crippen LogP contribution in [0.1, 0.15) is 22.6 Å². The topological polar surface area (TPSA) is 111 Å². The molecule has 0 atom stereocenters. The molecule has 0 spiro atoms. The molecule has 7 nitrogen and oxygen atoms in total. The first kappa shape index (κ1) is 11.0. The summed E-state index contributed by atoms with van der Waals surface area (Å²) >= 11 is 0. The highest BCUT2D eigenvalue weighted by Gasteiger charge is 2.26. The SMILES string of the molecule is NC(=O)Cn1nnc(C(=O)O)c1C(F)F. The monoisotopic (exact) mass is 220 g/mol. The fourth-order valence-corrected chi connectivity index (χ4v) is 0.953. The molecule has 1 heterocycles. The van der Waals surface area contributed by atoms with Crippen LogP contribution in [0.25, 0.3) is 0 Å². The van der Waals surface area contributed by atoms with Crippen LogP contribution < -0.4 is 5.73 Å². The van der Waals surface area contributed by atoms with Crippen molar-refractivity contribution < 1.29 is 23.5 Å². The van der Waals surface area contributed by atoms with E-state index in [0.29, 0.717) is 4.68 Å². The normalized spacial score (nSPS) is 10.6. The first-order valence-electron chi connectivity index (χ1n) is 3.66. The zero-order chi connectivity index (χ0) is 11.6. The van der Waals surface area contributed by atoms with E-state index < -0.39 is 36.2 Å². The van der Waals surface area contributed by atoms with Gasteiger partial charge in [-0.15, -0.1) is 5.10 Å². The van der Waals surface area contributed by atoms with Crippen molar-refractivity contribution in [3.05, 3.63) is 11.4 Å². The molecule has 0 saturated carbocycles. The Balaban J connectivity index is 3.17. The number of nitrogens with two attached hydrogens (primary N) is 1. The average molecular weight is 220 g/mol. The summed E-state index contributed by atoms with van der Waals surface area (Å²) in [5, 5.41) is 14.6. The number of halogens is 2. The maximum atomic E-state index is 12.4. The predicted molar refractivity (Wildman–Crippen MR) is 41.1 cm³/mol. The van der Waals surface area contributed by atoms with E-state index >= 15 is 0 Å². The number of nitrogens with zero attached hydrogens (tertiary/aromatic N) is 3. The molecule has 0 bridgehead atoms. The number of hydrogen-bond acceptors (Lipinski definition) is 4. The van der Waals surface area contributed by atoms with Gasteiger partial charge in [-0.3, -0.25) is 4.79 Å². The third-order valence-electron chi connectivity index (χ3n) is 1.49. The van der Waals surface area contributed by atoms with Crippen molar-refractivity contribution in [2.24, 2.45) is 5.73 Å². The van der Waals surface area contributed by atoms with Gasteiger partial charge in [0.1, 0.15) is 12.2 Å². The van der Waals surface area contributed by atoms with Crippen molar-refractivity contribution in [1.29, 1.82) is 0 Å². The third kappa shape index (κ3) is 2.24. The molecule has 3 N–H and O–H groups in total. The smallest absolute Gasteiger partial charge is 0.358 e. The maximum Gasteiger partial charge on any atom is 0.358 e. The molecule has 0 radical (unpaired) electrons. The molecule has 82 valence electrons. The van der Waals surface area contributed by atoms with Gasteiger partial charge in [0, 0.05) is 0 Å². The van der Waals surface area contributed by atoms with Crippen molar-refractivity contribution in [2.45, 2.75) is 13.0 Å². The molecule has 0 aliphatic rings. The molecular formula is C6H6F2N4O3. The number of rotatable bonds is 4. The Hall–Kier alpha value is -2.06. The first-order valence-corrected chi connectivity index (χ1v) is 3.66. The van der Waals surface area contributed by atoms with Crippen molar-refractivity contribution in [2.75, 3.05) is 0 Å². The summed E-state index contributed by atoms with van der Waals surface area (Å²) in [5.41, 5.74) is 2.95. The number of carboxylic acid groups (broad SMARTS) is 1. The minimum absolute atomic E-state index is 0.469. The number of hydrogen-bond donors (Lipinski definition) is 2. The molecule has 0 aromatic carbocycles. The van der Waals surface area contributed by atoms with Gasteiger partial charge >= 0.3 is 5.97 Å². The summed E-state index contributed by atoms with van der Waals surface area (Å²) in [7, 11) is 0. The molecule has 1 aromatic rings. The summed E-state index contributed by atoms with van der Waals surface area (Å²) in [5.74, 6) is -2.56. The van der Waals surface area contributed by atoms with Crippen LogP contribution in [0.15, 0.2) is 0 Å². The summed E-state index contributed by atoms with van der Waals surface area (Å²) in [6.45, 7) is -0.639. The number of carbonyl (C=O) groups excluding carboxylic acids is 1. The Morgan fingerprint density at radius 3 is 2.53 bits per heavy atom. The highest BCUT2D eigenvalue weighted by atomic mass is 19.3.